The zero-order valence-corrected chi connectivity index (χ0v) is 11.6. The predicted molar refractivity (Wildman–Crippen MR) is 74.5 cm³/mol. The molecule has 0 aliphatic heterocycles. The van der Waals surface area contributed by atoms with E-state index in [-0.39, 0.29) is 17.1 Å². The molecular weight excluding hydrogens is 323 g/mol. The number of primary amides is 1. The van der Waals surface area contributed by atoms with Crippen LogP contribution in [0.5, 0.6) is 0 Å². The van der Waals surface area contributed by atoms with Crippen molar-refractivity contribution in [2.45, 2.75) is 6.18 Å². The van der Waals surface area contributed by atoms with E-state index in [1.54, 1.807) is 0 Å². The molecule has 0 bridgehead atoms. The average Bonchev–Trinajstić information content (AvgIpc) is 2.86. The van der Waals surface area contributed by atoms with Gasteiger partial charge in [-0.1, -0.05) is 11.6 Å². The molecule has 0 aliphatic rings. The second-order valence-corrected chi connectivity index (χ2v) is 4.54. The van der Waals surface area contributed by atoms with Gasteiger partial charge in [-0.15, -0.1) is 0 Å². The lowest BCUT2D eigenvalue weighted by atomic mass is 10.1. The fraction of sp³-hybridized carbons (Fsp3) is 0.0769. The number of nitrogens with zero attached hydrogens (tertiary/aromatic N) is 1. The van der Waals surface area contributed by atoms with Crippen LogP contribution >= 0.6 is 11.6 Å². The molecule has 0 atom stereocenters. The van der Waals surface area contributed by atoms with Gasteiger partial charge < -0.3 is 10.2 Å². The third kappa shape index (κ3) is 3.79. The number of carbonyl (C=O) groups excluding carboxylic acids is 1. The maximum Gasteiger partial charge on any atom is 0.417 e. The van der Waals surface area contributed by atoms with E-state index in [2.05, 4.69) is 5.10 Å². The number of hydrazone groups is 1. The van der Waals surface area contributed by atoms with E-state index in [1.807, 2.05) is 5.43 Å². The third-order valence-corrected chi connectivity index (χ3v) is 2.88. The van der Waals surface area contributed by atoms with Crippen LogP contribution in [0.15, 0.2) is 39.9 Å². The van der Waals surface area contributed by atoms with Crippen molar-refractivity contribution in [2.24, 2.45) is 10.8 Å². The Kier molecular flexibility index (Phi) is 4.41. The van der Waals surface area contributed by atoms with E-state index in [0.717, 1.165) is 18.3 Å². The molecule has 0 fully saturated rings. The van der Waals surface area contributed by atoms with Gasteiger partial charge in [0.05, 0.1) is 16.8 Å². The van der Waals surface area contributed by atoms with Gasteiger partial charge in [0, 0.05) is 5.56 Å². The Hall–Kier alpha value is -2.48. The van der Waals surface area contributed by atoms with E-state index in [9.17, 15) is 18.0 Å². The van der Waals surface area contributed by atoms with E-state index < -0.39 is 22.8 Å². The molecule has 3 N–H and O–H groups in total. The number of hydrogen-bond donors (Lipinski definition) is 2. The van der Waals surface area contributed by atoms with Gasteiger partial charge in [-0.25, -0.2) is 10.2 Å². The van der Waals surface area contributed by atoms with Crippen LogP contribution in [-0.4, -0.2) is 12.2 Å². The Labute approximate surface area is 127 Å². The number of alkyl halides is 3. The van der Waals surface area contributed by atoms with Crippen LogP contribution in [0.3, 0.4) is 0 Å². The number of carbonyl (C=O) groups is 1. The van der Waals surface area contributed by atoms with E-state index in [1.165, 1.54) is 18.2 Å². The molecule has 2 rings (SSSR count). The number of hydrogen-bond acceptors (Lipinski definition) is 3. The van der Waals surface area contributed by atoms with Crippen molar-refractivity contribution in [1.82, 2.24) is 5.43 Å². The Morgan fingerprint density at radius 2 is 2.05 bits per heavy atom. The van der Waals surface area contributed by atoms with Crippen LogP contribution < -0.4 is 11.2 Å². The molecule has 0 saturated heterocycles. The quantitative estimate of drug-likeness (QED) is 0.665. The summed E-state index contributed by atoms with van der Waals surface area (Å²) in [6.07, 6.45) is -3.40. The Morgan fingerprint density at radius 3 is 2.68 bits per heavy atom. The summed E-state index contributed by atoms with van der Waals surface area (Å²) in [7, 11) is 0. The van der Waals surface area contributed by atoms with Gasteiger partial charge in [-0.2, -0.15) is 18.3 Å². The lowest BCUT2D eigenvalue weighted by molar-refractivity contribution is -0.137. The van der Waals surface area contributed by atoms with Crippen LogP contribution in [0.1, 0.15) is 11.3 Å². The van der Waals surface area contributed by atoms with Gasteiger partial charge >= 0.3 is 12.2 Å². The number of nitrogens with two attached hydrogens (primary N) is 1. The van der Waals surface area contributed by atoms with Crippen molar-refractivity contribution in [2.75, 3.05) is 0 Å². The van der Waals surface area contributed by atoms with Crippen molar-refractivity contribution in [1.29, 1.82) is 0 Å². The minimum Gasteiger partial charge on any atom is -0.455 e. The molecule has 0 saturated carbocycles. The SMILES string of the molecule is NC(=O)N/N=C\c1ccc(-c2ccc(Cl)c(C(F)(F)F)c2)o1. The molecule has 0 aliphatic carbocycles. The van der Waals surface area contributed by atoms with Crippen LogP contribution in [0.25, 0.3) is 11.3 Å². The highest BCUT2D eigenvalue weighted by molar-refractivity contribution is 6.31. The smallest absolute Gasteiger partial charge is 0.417 e. The zero-order valence-electron chi connectivity index (χ0n) is 10.8. The molecule has 1 aromatic carbocycles. The maximum absolute atomic E-state index is 12.8. The fourth-order valence-electron chi connectivity index (χ4n) is 1.63. The molecule has 0 radical (unpaired) electrons. The molecule has 22 heavy (non-hydrogen) atoms. The normalized spacial score (nSPS) is 11.8. The number of furan rings is 1. The highest BCUT2D eigenvalue weighted by atomic mass is 35.5. The van der Waals surface area contributed by atoms with Crippen molar-refractivity contribution in [3.63, 3.8) is 0 Å². The monoisotopic (exact) mass is 331 g/mol. The first-order valence-corrected chi connectivity index (χ1v) is 6.20. The van der Waals surface area contributed by atoms with Gasteiger partial charge in [-0.3, -0.25) is 0 Å². The number of amides is 2. The second-order valence-electron chi connectivity index (χ2n) is 4.13. The Bertz CT molecular complexity index is 726. The second kappa shape index (κ2) is 6.10. The van der Waals surface area contributed by atoms with E-state index >= 15 is 0 Å². The van der Waals surface area contributed by atoms with Gasteiger partial charge in [0.2, 0.25) is 0 Å². The minimum absolute atomic E-state index is 0.197. The summed E-state index contributed by atoms with van der Waals surface area (Å²) < 4.78 is 43.7. The lowest BCUT2D eigenvalue weighted by Crippen LogP contribution is -2.24. The molecule has 0 spiro atoms. The maximum atomic E-state index is 12.8. The lowest BCUT2D eigenvalue weighted by Gasteiger charge is -2.09. The molecule has 1 heterocycles. The number of halogens is 4. The molecule has 0 unspecified atom stereocenters. The molecule has 9 heteroatoms. The van der Waals surface area contributed by atoms with E-state index in [0.29, 0.717) is 0 Å². The zero-order chi connectivity index (χ0) is 16.3. The summed E-state index contributed by atoms with van der Waals surface area (Å²) in [5.74, 6) is 0.426. The number of rotatable bonds is 3. The Morgan fingerprint density at radius 1 is 1.32 bits per heavy atom. The highest BCUT2D eigenvalue weighted by Crippen LogP contribution is 2.37. The summed E-state index contributed by atoms with van der Waals surface area (Å²) in [5, 5.41) is 3.08. The molecule has 2 amide bonds. The fourth-order valence-corrected chi connectivity index (χ4v) is 1.86. The van der Waals surface area contributed by atoms with Gasteiger partial charge in [-0.05, 0) is 30.3 Å². The molecule has 1 aromatic heterocycles. The first-order chi connectivity index (χ1) is 10.3. The Balaban J connectivity index is 2.28. The van der Waals surface area contributed by atoms with Crippen LogP contribution in [0, 0.1) is 0 Å². The molecule has 5 nitrogen and oxygen atoms in total. The van der Waals surface area contributed by atoms with Crippen LogP contribution in [-0.2, 0) is 6.18 Å². The molecular formula is C13H9ClF3N3O2. The topological polar surface area (TPSA) is 80.6 Å². The summed E-state index contributed by atoms with van der Waals surface area (Å²) in [4.78, 5) is 10.4. The molecule has 2 aromatic rings. The van der Waals surface area contributed by atoms with Gasteiger partial charge in [0.1, 0.15) is 11.5 Å². The number of benzene rings is 1. The van der Waals surface area contributed by atoms with Crippen molar-refractivity contribution in [3.8, 4) is 11.3 Å². The first kappa shape index (κ1) is 15.9. The standard InChI is InChI=1S/C13H9ClF3N3O2/c14-10-3-1-7(5-9(10)13(15,16)17)11-4-2-8(22-11)6-19-20-12(18)21/h1-6H,(H3,18,20,21)/b19-6-. The largest absolute Gasteiger partial charge is 0.455 e. The summed E-state index contributed by atoms with van der Waals surface area (Å²) in [6.45, 7) is 0. The third-order valence-electron chi connectivity index (χ3n) is 2.55. The first-order valence-electron chi connectivity index (χ1n) is 5.83. The average molecular weight is 332 g/mol. The van der Waals surface area contributed by atoms with E-state index in [4.69, 9.17) is 21.8 Å². The van der Waals surface area contributed by atoms with Crippen molar-refractivity contribution < 1.29 is 22.4 Å². The summed E-state index contributed by atoms with van der Waals surface area (Å²) in [5.41, 5.74) is 6.03. The predicted octanol–water partition coefficient (Wildman–Crippen LogP) is 3.62. The van der Waals surface area contributed by atoms with Crippen molar-refractivity contribution >= 4 is 23.8 Å². The number of nitrogens with one attached hydrogen (secondary N) is 1. The summed E-state index contributed by atoms with van der Waals surface area (Å²) >= 11 is 5.55. The van der Waals surface area contributed by atoms with Crippen molar-refractivity contribution in [3.05, 3.63) is 46.7 Å². The number of urea groups is 1. The highest BCUT2D eigenvalue weighted by Gasteiger charge is 2.33. The minimum atomic E-state index is -4.56. The summed E-state index contributed by atoms with van der Waals surface area (Å²) in [6, 6.07) is 5.53. The van der Waals surface area contributed by atoms with Gasteiger partial charge in [0.25, 0.3) is 0 Å². The van der Waals surface area contributed by atoms with Crippen LogP contribution in [0.4, 0.5) is 18.0 Å². The van der Waals surface area contributed by atoms with Gasteiger partial charge in [0.15, 0.2) is 0 Å². The van der Waals surface area contributed by atoms with Crippen LogP contribution in [0.2, 0.25) is 5.02 Å². The molecule has 116 valence electrons.